The van der Waals surface area contributed by atoms with Gasteiger partial charge in [-0.1, -0.05) is 46.7 Å². The van der Waals surface area contributed by atoms with E-state index < -0.39 is 0 Å². The second-order valence-electron chi connectivity index (χ2n) is 4.88. The van der Waals surface area contributed by atoms with E-state index in [-0.39, 0.29) is 16.7 Å². The Kier molecular flexibility index (Phi) is 5.08. The Morgan fingerprint density at radius 1 is 1.12 bits per heavy atom. The molecular formula is C16H10Cl2FN3OS. The normalized spacial score (nSPS) is 10.6. The van der Waals surface area contributed by atoms with E-state index >= 15 is 0 Å². The Balaban J connectivity index is 1.69. The summed E-state index contributed by atoms with van der Waals surface area (Å²) in [5.74, 6) is -0.676. The van der Waals surface area contributed by atoms with Gasteiger partial charge in [0.05, 0.1) is 10.6 Å². The Bertz CT molecular complexity index is 883. The van der Waals surface area contributed by atoms with Gasteiger partial charge in [-0.15, -0.1) is 10.2 Å². The summed E-state index contributed by atoms with van der Waals surface area (Å²) < 4.78 is 12.9. The maximum atomic E-state index is 12.9. The maximum Gasteiger partial charge on any atom is 0.259 e. The Morgan fingerprint density at radius 2 is 1.88 bits per heavy atom. The molecule has 2 aromatic carbocycles. The standard InChI is InChI=1S/C16H10Cl2FN3OS/c17-10-3-6-12(13(18)8-10)15(23)20-16-22-21-14(24-16)7-9-1-4-11(19)5-2-9/h1-6,8H,7H2,(H,20,22,23). The lowest BCUT2D eigenvalue weighted by molar-refractivity contribution is 0.102. The first-order valence-electron chi connectivity index (χ1n) is 6.84. The first-order chi connectivity index (χ1) is 11.5. The molecule has 1 heterocycles. The highest BCUT2D eigenvalue weighted by atomic mass is 35.5. The van der Waals surface area contributed by atoms with Crippen molar-refractivity contribution >= 4 is 45.6 Å². The third kappa shape index (κ3) is 4.08. The fraction of sp³-hybridized carbons (Fsp3) is 0.0625. The van der Waals surface area contributed by atoms with Gasteiger partial charge in [0.2, 0.25) is 5.13 Å². The Hall–Kier alpha value is -2.02. The van der Waals surface area contributed by atoms with Crippen molar-refractivity contribution in [1.29, 1.82) is 0 Å². The monoisotopic (exact) mass is 381 g/mol. The van der Waals surface area contributed by atoms with Crippen LogP contribution in [0.1, 0.15) is 20.9 Å². The zero-order valence-corrected chi connectivity index (χ0v) is 14.4. The average molecular weight is 382 g/mol. The number of carbonyl (C=O) groups excluding carboxylic acids is 1. The van der Waals surface area contributed by atoms with Crippen LogP contribution in [0.25, 0.3) is 0 Å². The molecule has 3 aromatic rings. The number of hydrogen-bond acceptors (Lipinski definition) is 4. The van der Waals surface area contributed by atoms with E-state index in [9.17, 15) is 9.18 Å². The molecule has 4 nitrogen and oxygen atoms in total. The summed E-state index contributed by atoms with van der Waals surface area (Å²) in [4.78, 5) is 12.2. The second kappa shape index (κ2) is 7.25. The number of carbonyl (C=O) groups is 1. The summed E-state index contributed by atoms with van der Waals surface area (Å²) in [5, 5.41) is 12.4. The molecule has 1 aromatic heterocycles. The van der Waals surface area contributed by atoms with Gasteiger partial charge in [-0.25, -0.2) is 4.39 Å². The molecule has 0 spiro atoms. The number of halogens is 3. The zero-order chi connectivity index (χ0) is 17.1. The largest absolute Gasteiger partial charge is 0.296 e. The number of amides is 1. The van der Waals surface area contributed by atoms with Gasteiger partial charge in [0, 0.05) is 11.4 Å². The zero-order valence-electron chi connectivity index (χ0n) is 12.1. The van der Waals surface area contributed by atoms with Gasteiger partial charge < -0.3 is 0 Å². The number of rotatable bonds is 4. The van der Waals surface area contributed by atoms with E-state index in [1.54, 1.807) is 24.3 Å². The van der Waals surface area contributed by atoms with E-state index in [2.05, 4.69) is 15.5 Å². The number of nitrogens with one attached hydrogen (secondary N) is 1. The van der Waals surface area contributed by atoms with E-state index in [4.69, 9.17) is 23.2 Å². The lowest BCUT2D eigenvalue weighted by Gasteiger charge is -2.03. The number of anilines is 1. The molecule has 0 atom stereocenters. The first kappa shape index (κ1) is 16.8. The van der Waals surface area contributed by atoms with Crippen molar-refractivity contribution in [2.75, 3.05) is 5.32 Å². The molecule has 1 N–H and O–H groups in total. The van der Waals surface area contributed by atoms with E-state index in [0.717, 1.165) is 5.56 Å². The SMILES string of the molecule is O=C(Nc1nnc(Cc2ccc(F)cc2)s1)c1ccc(Cl)cc1Cl. The summed E-state index contributed by atoms with van der Waals surface area (Å²) >= 11 is 13.1. The molecule has 3 rings (SSSR count). The Labute approximate surface area is 151 Å². The van der Waals surface area contributed by atoms with Crippen LogP contribution in [0.2, 0.25) is 10.0 Å². The molecular weight excluding hydrogens is 372 g/mol. The van der Waals surface area contributed by atoms with Crippen LogP contribution in [0.4, 0.5) is 9.52 Å². The number of nitrogens with zero attached hydrogens (tertiary/aromatic N) is 2. The third-order valence-electron chi connectivity index (χ3n) is 3.13. The molecule has 0 saturated carbocycles. The van der Waals surface area contributed by atoms with Crippen molar-refractivity contribution in [3.8, 4) is 0 Å². The molecule has 0 radical (unpaired) electrons. The highest BCUT2D eigenvalue weighted by Crippen LogP contribution is 2.23. The van der Waals surface area contributed by atoms with Gasteiger partial charge in [0.15, 0.2) is 0 Å². The van der Waals surface area contributed by atoms with Crippen LogP contribution in [-0.2, 0) is 6.42 Å². The predicted molar refractivity (Wildman–Crippen MR) is 93.5 cm³/mol. The van der Waals surface area contributed by atoms with Crippen LogP contribution in [-0.4, -0.2) is 16.1 Å². The van der Waals surface area contributed by atoms with Gasteiger partial charge in [-0.3, -0.25) is 10.1 Å². The topological polar surface area (TPSA) is 54.9 Å². The van der Waals surface area contributed by atoms with E-state index in [0.29, 0.717) is 27.1 Å². The van der Waals surface area contributed by atoms with Crippen LogP contribution in [0.3, 0.4) is 0 Å². The maximum absolute atomic E-state index is 12.9. The predicted octanol–water partition coefficient (Wildman–Crippen LogP) is 4.83. The van der Waals surface area contributed by atoms with Crippen LogP contribution in [0.5, 0.6) is 0 Å². The van der Waals surface area contributed by atoms with Gasteiger partial charge >= 0.3 is 0 Å². The minimum atomic E-state index is -0.388. The molecule has 0 bridgehead atoms. The highest BCUT2D eigenvalue weighted by molar-refractivity contribution is 7.15. The fourth-order valence-electron chi connectivity index (χ4n) is 1.99. The highest BCUT2D eigenvalue weighted by Gasteiger charge is 2.14. The summed E-state index contributed by atoms with van der Waals surface area (Å²) in [6.07, 6.45) is 0.509. The molecule has 0 aliphatic rings. The van der Waals surface area contributed by atoms with Crippen molar-refractivity contribution in [2.45, 2.75) is 6.42 Å². The van der Waals surface area contributed by atoms with Gasteiger partial charge in [0.25, 0.3) is 5.91 Å². The summed E-state index contributed by atoms with van der Waals surface area (Å²) in [7, 11) is 0. The molecule has 0 aliphatic heterocycles. The minimum Gasteiger partial charge on any atom is -0.296 e. The third-order valence-corrected chi connectivity index (χ3v) is 4.52. The van der Waals surface area contributed by atoms with Gasteiger partial charge in [0.1, 0.15) is 10.8 Å². The molecule has 0 unspecified atom stereocenters. The van der Waals surface area contributed by atoms with Crippen molar-refractivity contribution in [1.82, 2.24) is 10.2 Å². The molecule has 24 heavy (non-hydrogen) atoms. The summed E-state index contributed by atoms with van der Waals surface area (Å²) in [6.45, 7) is 0. The van der Waals surface area contributed by atoms with E-state index in [1.165, 1.54) is 29.5 Å². The molecule has 0 fully saturated rings. The molecule has 0 aliphatic carbocycles. The lowest BCUT2D eigenvalue weighted by Crippen LogP contribution is -2.12. The smallest absolute Gasteiger partial charge is 0.259 e. The minimum absolute atomic E-state index is 0.260. The molecule has 0 saturated heterocycles. The lowest BCUT2D eigenvalue weighted by atomic mass is 10.2. The molecule has 122 valence electrons. The molecule has 8 heteroatoms. The van der Waals surface area contributed by atoms with Crippen LogP contribution in [0.15, 0.2) is 42.5 Å². The average Bonchev–Trinajstić information content (AvgIpc) is 2.96. The number of benzene rings is 2. The van der Waals surface area contributed by atoms with Crippen molar-refractivity contribution < 1.29 is 9.18 Å². The fourth-order valence-corrected chi connectivity index (χ4v) is 3.25. The number of hydrogen-bond donors (Lipinski definition) is 1. The summed E-state index contributed by atoms with van der Waals surface area (Å²) in [6, 6.07) is 10.8. The van der Waals surface area contributed by atoms with Gasteiger partial charge in [-0.2, -0.15) is 0 Å². The molecule has 1 amide bonds. The second-order valence-corrected chi connectivity index (χ2v) is 6.79. The first-order valence-corrected chi connectivity index (χ1v) is 8.42. The Morgan fingerprint density at radius 3 is 2.58 bits per heavy atom. The quantitative estimate of drug-likeness (QED) is 0.704. The van der Waals surface area contributed by atoms with Crippen LogP contribution < -0.4 is 5.32 Å². The van der Waals surface area contributed by atoms with E-state index in [1.807, 2.05) is 0 Å². The van der Waals surface area contributed by atoms with Crippen molar-refractivity contribution in [3.05, 3.63) is 74.5 Å². The number of aromatic nitrogens is 2. The van der Waals surface area contributed by atoms with Crippen LogP contribution >= 0.6 is 34.5 Å². The van der Waals surface area contributed by atoms with Gasteiger partial charge in [-0.05, 0) is 35.9 Å². The van der Waals surface area contributed by atoms with Crippen LogP contribution in [0, 0.1) is 5.82 Å². The van der Waals surface area contributed by atoms with Crippen molar-refractivity contribution in [3.63, 3.8) is 0 Å². The van der Waals surface area contributed by atoms with Crippen molar-refractivity contribution in [2.24, 2.45) is 0 Å². The summed E-state index contributed by atoms with van der Waals surface area (Å²) in [5.41, 5.74) is 1.21.